The van der Waals surface area contributed by atoms with Crippen molar-refractivity contribution in [1.29, 1.82) is 5.26 Å². The first kappa shape index (κ1) is 15.7. The second kappa shape index (κ2) is 6.37. The van der Waals surface area contributed by atoms with Crippen molar-refractivity contribution in [1.82, 2.24) is 4.72 Å². The molecular formula is C13H16N4O2S2. The van der Waals surface area contributed by atoms with Crippen LogP contribution in [0.15, 0.2) is 9.89 Å². The SMILES string of the molecule is CCOC(=O)N1C(=NC(C)C)NSc2c1sc(C)c2C#N. The number of ether oxygens (including phenoxy) is 1. The van der Waals surface area contributed by atoms with Gasteiger partial charge in [0.05, 0.1) is 17.1 Å². The number of anilines is 1. The third-order valence-electron chi connectivity index (χ3n) is 2.63. The molecule has 0 unspecified atom stereocenters. The normalized spacial score (nSPS) is 15.6. The Morgan fingerprint density at radius 2 is 2.29 bits per heavy atom. The highest BCUT2D eigenvalue weighted by Gasteiger charge is 2.34. The number of fused-ring (bicyclic) bond motifs is 1. The van der Waals surface area contributed by atoms with Crippen molar-refractivity contribution in [3.05, 3.63) is 10.4 Å². The van der Waals surface area contributed by atoms with Crippen molar-refractivity contribution >= 4 is 40.3 Å². The van der Waals surface area contributed by atoms with Gasteiger partial charge in [-0.3, -0.25) is 4.72 Å². The fourth-order valence-corrected chi connectivity index (χ4v) is 3.92. The molecule has 21 heavy (non-hydrogen) atoms. The zero-order valence-corrected chi connectivity index (χ0v) is 13.9. The number of thiophene rings is 1. The first-order chi connectivity index (χ1) is 9.99. The summed E-state index contributed by atoms with van der Waals surface area (Å²) in [6.45, 7) is 7.76. The summed E-state index contributed by atoms with van der Waals surface area (Å²) in [5.41, 5.74) is 0.588. The number of hydrogen-bond acceptors (Lipinski definition) is 6. The van der Waals surface area contributed by atoms with E-state index in [1.54, 1.807) is 6.92 Å². The van der Waals surface area contributed by atoms with Gasteiger partial charge in [0.25, 0.3) is 0 Å². The summed E-state index contributed by atoms with van der Waals surface area (Å²) in [6.07, 6.45) is -0.489. The predicted octanol–water partition coefficient (Wildman–Crippen LogP) is 3.27. The Hall–Kier alpha value is -1.72. The van der Waals surface area contributed by atoms with Gasteiger partial charge in [0.15, 0.2) is 0 Å². The van der Waals surface area contributed by atoms with Gasteiger partial charge in [0.2, 0.25) is 5.96 Å². The minimum absolute atomic E-state index is 0.0306. The molecule has 1 aliphatic rings. The molecule has 112 valence electrons. The maximum atomic E-state index is 12.3. The van der Waals surface area contributed by atoms with Gasteiger partial charge in [0.1, 0.15) is 11.1 Å². The Morgan fingerprint density at radius 1 is 1.57 bits per heavy atom. The number of nitrogens with zero attached hydrogens (tertiary/aromatic N) is 3. The lowest BCUT2D eigenvalue weighted by Gasteiger charge is -2.27. The largest absolute Gasteiger partial charge is 0.449 e. The van der Waals surface area contributed by atoms with Gasteiger partial charge in [-0.25, -0.2) is 14.7 Å². The predicted molar refractivity (Wildman–Crippen MR) is 84.8 cm³/mol. The molecule has 8 heteroatoms. The van der Waals surface area contributed by atoms with Gasteiger partial charge in [-0.2, -0.15) is 5.26 Å². The number of nitriles is 1. The third kappa shape index (κ3) is 2.99. The summed E-state index contributed by atoms with van der Waals surface area (Å²) in [5.74, 6) is 0.437. The highest BCUT2D eigenvalue weighted by molar-refractivity contribution is 7.98. The van der Waals surface area contributed by atoms with Crippen molar-refractivity contribution in [2.45, 2.75) is 38.6 Å². The molecule has 0 aliphatic carbocycles. The molecule has 1 amide bonds. The van der Waals surface area contributed by atoms with Crippen LogP contribution in [0.1, 0.15) is 31.2 Å². The van der Waals surface area contributed by atoms with E-state index >= 15 is 0 Å². The number of carbonyl (C=O) groups is 1. The summed E-state index contributed by atoms with van der Waals surface area (Å²) in [4.78, 5) is 19.7. The van der Waals surface area contributed by atoms with Gasteiger partial charge >= 0.3 is 6.09 Å². The van der Waals surface area contributed by atoms with Crippen LogP contribution in [0, 0.1) is 18.3 Å². The molecule has 0 radical (unpaired) electrons. The van der Waals surface area contributed by atoms with Crippen molar-refractivity contribution in [2.75, 3.05) is 11.5 Å². The molecule has 6 nitrogen and oxygen atoms in total. The number of carbonyl (C=O) groups excluding carboxylic acids is 1. The molecule has 1 aliphatic heterocycles. The van der Waals surface area contributed by atoms with Crippen molar-refractivity contribution < 1.29 is 9.53 Å². The van der Waals surface area contributed by atoms with E-state index in [0.717, 1.165) is 9.77 Å². The van der Waals surface area contributed by atoms with Crippen LogP contribution in [0.2, 0.25) is 0 Å². The van der Waals surface area contributed by atoms with Crippen LogP contribution < -0.4 is 9.62 Å². The van der Waals surface area contributed by atoms with E-state index in [1.807, 2.05) is 20.8 Å². The Morgan fingerprint density at radius 3 is 2.86 bits per heavy atom. The highest BCUT2D eigenvalue weighted by atomic mass is 32.2. The van der Waals surface area contributed by atoms with Gasteiger partial charge in [-0.1, -0.05) is 0 Å². The van der Waals surface area contributed by atoms with E-state index < -0.39 is 6.09 Å². The Bertz CT molecular complexity index is 631. The van der Waals surface area contributed by atoms with E-state index in [2.05, 4.69) is 15.8 Å². The number of guanidine groups is 1. The van der Waals surface area contributed by atoms with E-state index in [4.69, 9.17) is 4.74 Å². The third-order valence-corrected chi connectivity index (χ3v) is 4.73. The summed E-state index contributed by atoms with van der Waals surface area (Å²) in [6, 6.07) is 2.21. The summed E-state index contributed by atoms with van der Waals surface area (Å²) < 4.78 is 8.14. The lowest BCUT2D eigenvalue weighted by Crippen LogP contribution is -2.46. The minimum Gasteiger partial charge on any atom is -0.449 e. The number of amides is 1. The number of aliphatic imine (C=N–C) groups is 1. The average Bonchev–Trinajstić information content (AvgIpc) is 2.73. The lowest BCUT2D eigenvalue weighted by molar-refractivity contribution is 0.163. The molecule has 0 atom stereocenters. The molecule has 0 bridgehead atoms. The van der Waals surface area contributed by atoms with Gasteiger partial charge in [-0.15, -0.1) is 11.3 Å². The van der Waals surface area contributed by atoms with E-state index in [0.29, 0.717) is 16.5 Å². The van der Waals surface area contributed by atoms with Gasteiger partial charge in [-0.05, 0) is 39.6 Å². The van der Waals surface area contributed by atoms with Crippen LogP contribution in [-0.4, -0.2) is 24.7 Å². The molecule has 0 spiro atoms. The molecule has 0 saturated carbocycles. The van der Waals surface area contributed by atoms with Crippen molar-refractivity contribution in [3.63, 3.8) is 0 Å². The first-order valence-electron chi connectivity index (χ1n) is 6.50. The van der Waals surface area contributed by atoms with E-state index in [9.17, 15) is 10.1 Å². The molecule has 1 aromatic heterocycles. The Labute approximate surface area is 131 Å². The smallest absolute Gasteiger partial charge is 0.422 e. The lowest BCUT2D eigenvalue weighted by atomic mass is 10.3. The van der Waals surface area contributed by atoms with Crippen LogP contribution in [0.3, 0.4) is 0 Å². The zero-order valence-electron chi connectivity index (χ0n) is 12.3. The molecule has 0 fully saturated rings. The monoisotopic (exact) mass is 324 g/mol. The Balaban J connectivity index is 2.53. The zero-order chi connectivity index (χ0) is 15.6. The minimum atomic E-state index is -0.489. The molecule has 0 aromatic carbocycles. The van der Waals surface area contributed by atoms with Gasteiger partial charge in [0, 0.05) is 10.9 Å². The second-order valence-corrected chi connectivity index (χ2v) is 6.58. The maximum Gasteiger partial charge on any atom is 0.422 e. The fraction of sp³-hybridized carbons (Fsp3) is 0.462. The highest BCUT2D eigenvalue weighted by Crippen LogP contribution is 2.44. The Kier molecular flexibility index (Phi) is 4.75. The summed E-state index contributed by atoms with van der Waals surface area (Å²) in [7, 11) is 0. The molecule has 1 N–H and O–H groups in total. The molecule has 2 rings (SSSR count). The summed E-state index contributed by atoms with van der Waals surface area (Å²) >= 11 is 2.70. The second-order valence-electron chi connectivity index (χ2n) is 4.56. The molecular weight excluding hydrogens is 308 g/mol. The van der Waals surface area contributed by atoms with Crippen LogP contribution in [0.5, 0.6) is 0 Å². The number of rotatable bonds is 2. The van der Waals surface area contributed by atoms with E-state index in [1.165, 1.54) is 28.2 Å². The molecule has 0 saturated heterocycles. The van der Waals surface area contributed by atoms with Crippen LogP contribution in [0.4, 0.5) is 9.80 Å². The van der Waals surface area contributed by atoms with Crippen molar-refractivity contribution in [2.24, 2.45) is 4.99 Å². The number of hydrogen-bond donors (Lipinski definition) is 1. The molecule has 2 heterocycles. The number of aryl methyl sites for hydroxylation is 1. The molecule has 1 aromatic rings. The number of nitrogens with one attached hydrogen (secondary N) is 1. The van der Waals surface area contributed by atoms with Gasteiger partial charge < -0.3 is 4.74 Å². The average molecular weight is 324 g/mol. The summed E-state index contributed by atoms with van der Waals surface area (Å²) in [5, 5.41) is 9.94. The maximum absolute atomic E-state index is 12.3. The van der Waals surface area contributed by atoms with Crippen LogP contribution in [-0.2, 0) is 4.74 Å². The quantitative estimate of drug-likeness (QED) is 0.845. The topological polar surface area (TPSA) is 77.7 Å². The van der Waals surface area contributed by atoms with Crippen molar-refractivity contribution in [3.8, 4) is 6.07 Å². The fourth-order valence-electron chi connectivity index (χ4n) is 1.81. The van der Waals surface area contributed by atoms with Crippen LogP contribution in [0.25, 0.3) is 0 Å². The van der Waals surface area contributed by atoms with E-state index in [-0.39, 0.29) is 12.6 Å². The first-order valence-corrected chi connectivity index (χ1v) is 8.13. The standard InChI is InChI=1S/C13H16N4O2S2/c1-5-19-13(18)17-11-10(9(6-14)8(4)20-11)21-16-12(17)15-7(2)3/h7H,5H2,1-4H3,(H,15,16). The van der Waals surface area contributed by atoms with Crippen LogP contribution >= 0.6 is 23.3 Å².